The quantitative estimate of drug-likeness (QED) is 0.240. The molecule has 1 atom stereocenters. The molecule has 0 radical (unpaired) electrons. The fourth-order valence-corrected chi connectivity index (χ4v) is 5.74. The zero-order valence-corrected chi connectivity index (χ0v) is 18.7. The number of hydrogen-bond donors (Lipinski definition) is 0. The zero-order chi connectivity index (χ0) is 22.7. The third-order valence-electron chi connectivity index (χ3n) is 7.55. The average molecular weight is 449 g/mol. The normalized spacial score (nSPS) is 23.2. The highest BCUT2D eigenvalue weighted by Gasteiger charge is 2.31. The van der Waals surface area contributed by atoms with Crippen LogP contribution in [-0.4, -0.2) is 13.2 Å². The molecule has 0 spiro atoms. The summed E-state index contributed by atoms with van der Waals surface area (Å²) in [7, 11) is 0. The van der Waals surface area contributed by atoms with Gasteiger partial charge in [-0.3, -0.25) is 0 Å². The first-order chi connectivity index (χ1) is 15.5. The highest BCUT2D eigenvalue weighted by Crippen LogP contribution is 2.42. The molecule has 1 unspecified atom stereocenters. The molecule has 0 aromatic heterocycles. The molecule has 1 fully saturated rings. The summed E-state index contributed by atoms with van der Waals surface area (Å²) in [6.45, 7) is 3.68. The topological polar surface area (TPSA) is 9.23 Å². The van der Waals surface area contributed by atoms with E-state index < -0.39 is 23.3 Å². The monoisotopic (exact) mass is 448 g/mol. The highest BCUT2D eigenvalue weighted by molar-refractivity contribution is 5.66. The summed E-state index contributed by atoms with van der Waals surface area (Å²) in [6, 6.07) is 5.19. The Balaban J connectivity index is 1.40. The van der Waals surface area contributed by atoms with E-state index in [1.54, 1.807) is 6.07 Å². The molecule has 0 bridgehead atoms. The first kappa shape index (κ1) is 23.3. The summed E-state index contributed by atoms with van der Waals surface area (Å²) in [6.07, 6.45) is 9.87. The van der Waals surface area contributed by atoms with Crippen molar-refractivity contribution in [1.29, 1.82) is 0 Å². The van der Waals surface area contributed by atoms with E-state index in [-0.39, 0.29) is 11.1 Å². The second kappa shape index (κ2) is 10.4. The van der Waals surface area contributed by atoms with Crippen molar-refractivity contribution in [2.24, 2.45) is 17.8 Å². The standard InChI is InChI=1S/C27H32F4O/c1-2-32-13-3-4-17-5-7-18(8-6-17)19-9-11-22-20(14-19)10-12-23(26(22)30)21-15-24(28)27(31)25(29)16-21/h10,12,15-19H,2-9,11,13-14H2,1H3. The number of hydrogen-bond acceptors (Lipinski definition) is 1. The summed E-state index contributed by atoms with van der Waals surface area (Å²) in [5.74, 6) is -2.49. The Hall–Kier alpha value is -1.88. The Morgan fingerprint density at radius 2 is 1.59 bits per heavy atom. The average Bonchev–Trinajstić information content (AvgIpc) is 2.80. The van der Waals surface area contributed by atoms with E-state index >= 15 is 4.39 Å². The molecule has 0 amide bonds. The fraction of sp³-hybridized carbons (Fsp3) is 0.556. The SMILES string of the molecule is CCOCCCC1CCC(C2CCc3c(ccc(-c4cc(F)c(F)c(F)c4)c3F)C2)CC1. The number of fused-ring (bicyclic) bond motifs is 1. The molecule has 2 aromatic carbocycles. The minimum atomic E-state index is -1.53. The van der Waals surface area contributed by atoms with E-state index in [0.29, 0.717) is 23.8 Å². The summed E-state index contributed by atoms with van der Waals surface area (Å²) in [5, 5.41) is 0. The van der Waals surface area contributed by atoms with Crippen molar-refractivity contribution in [3.8, 4) is 11.1 Å². The van der Waals surface area contributed by atoms with E-state index in [1.807, 2.05) is 13.0 Å². The van der Waals surface area contributed by atoms with Gasteiger partial charge in [-0.1, -0.05) is 25.0 Å². The van der Waals surface area contributed by atoms with Crippen LogP contribution in [0.5, 0.6) is 0 Å². The lowest BCUT2D eigenvalue weighted by atomic mass is 9.69. The predicted octanol–water partition coefficient (Wildman–Crippen LogP) is 7.64. The van der Waals surface area contributed by atoms with Gasteiger partial charge in [0.1, 0.15) is 5.82 Å². The molecule has 2 aliphatic carbocycles. The highest BCUT2D eigenvalue weighted by atomic mass is 19.2. The Morgan fingerprint density at radius 1 is 0.875 bits per heavy atom. The van der Waals surface area contributed by atoms with Gasteiger partial charge in [0, 0.05) is 18.8 Å². The first-order valence-corrected chi connectivity index (χ1v) is 12.0. The van der Waals surface area contributed by atoms with Crippen LogP contribution in [0, 0.1) is 41.0 Å². The van der Waals surface area contributed by atoms with E-state index in [9.17, 15) is 13.2 Å². The molecule has 1 saturated carbocycles. The molecule has 2 aromatic rings. The zero-order valence-electron chi connectivity index (χ0n) is 18.7. The van der Waals surface area contributed by atoms with Gasteiger partial charge in [0.25, 0.3) is 0 Å². The van der Waals surface area contributed by atoms with E-state index in [4.69, 9.17) is 4.74 Å². The van der Waals surface area contributed by atoms with E-state index in [2.05, 4.69) is 0 Å². The Bertz CT molecular complexity index is 910. The molecule has 2 aliphatic rings. The lowest BCUT2D eigenvalue weighted by Gasteiger charge is -2.36. The van der Waals surface area contributed by atoms with Crippen LogP contribution in [-0.2, 0) is 17.6 Å². The van der Waals surface area contributed by atoms with Gasteiger partial charge in [-0.05, 0) is 98.4 Å². The third kappa shape index (κ3) is 5.03. The molecular formula is C27H32F4O. The lowest BCUT2D eigenvalue weighted by Crippen LogP contribution is -2.27. The molecule has 5 heteroatoms. The van der Waals surface area contributed by atoms with Gasteiger partial charge in [0.05, 0.1) is 0 Å². The second-order valence-corrected chi connectivity index (χ2v) is 9.44. The van der Waals surface area contributed by atoms with Gasteiger partial charge >= 0.3 is 0 Å². The Morgan fingerprint density at radius 3 is 2.28 bits per heavy atom. The van der Waals surface area contributed by atoms with Crippen LogP contribution in [0.1, 0.15) is 63.0 Å². The van der Waals surface area contributed by atoms with E-state index in [1.165, 1.54) is 32.1 Å². The second-order valence-electron chi connectivity index (χ2n) is 9.44. The Kier molecular flexibility index (Phi) is 7.55. The van der Waals surface area contributed by atoms with Crippen LogP contribution in [0.15, 0.2) is 24.3 Å². The van der Waals surface area contributed by atoms with Crippen LogP contribution >= 0.6 is 0 Å². The molecular weight excluding hydrogens is 416 g/mol. The van der Waals surface area contributed by atoms with Crippen LogP contribution in [0.3, 0.4) is 0 Å². The van der Waals surface area contributed by atoms with Crippen molar-refractivity contribution < 1.29 is 22.3 Å². The van der Waals surface area contributed by atoms with E-state index in [0.717, 1.165) is 56.1 Å². The van der Waals surface area contributed by atoms with Crippen molar-refractivity contribution >= 4 is 0 Å². The summed E-state index contributed by atoms with van der Waals surface area (Å²) in [5.41, 5.74) is 1.82. The summed E-state index contributed by atoms with van der Waals surface area (Å²) >= 11 is 0. The maximum Gasteiger partial charge on any atom is 0.194 e. The molecule has 0 saturated heterocycles. The summed E-state index contributed by atoms with van der Waals surface area (Å²) in [4.78, 5) is 0. The minimum absolute atomic E-state index is 0.0338. The molecule has 0 heterocycles. The molecule has 1 nitrogen and oxygen atoms in total. The fourth-order valence-electron chi connectivity index (χ4n) is 5.74. The lowest BCUT2D eigenvalue weighted by molar-refractivity contribution is 0.129. The van der Waals surface area contributed by atoms with Gasteiger partial charge < -0.3 is 4.74 Å². The molecule has 0 N–H and O–H groups in total. The van der Waals surface area contributed by atoms with Crippen molar-refractivity contribution in [1.82, 2.24) is 0 Å². The van der Waals surface area contributed by atoms with Crippen molar-refractivity contribution in [2.75, 3.05) is 13.2 Å². The van der Waals surface area contributed by atoms with Crippen molar-refractivity contribution in [3.63, 3.8) is 0 Å². The van der Waals surface area contributed by atoms with Crippen LogP contribution < -0.4 is 0 Å². The van der Waals surface area contributed by atoms with Crippen LogP contribution in [0.4, 0.5) is 17.6 Å². The molecule has 0 aliphatic heterocycles. The first-order valence-electron chi connectivity index (χ1n) is 12.0. The maximum absolute atomic E-state index is 15.2. The molecule has 174 valence electrons. The number of rotatable bonds is 7. The van der Waals surface area contributed by atoms with Gasteiger partial charge in [-0.25, -0.2) is 17.6 Å². The van der Waals surface area contributed by atoms with Gasteiger partial charge in [-0.2, -0.15) is 0 Å². The third-order valence-corrected chi connectivity index (χ3v) is 7.55. The van der Waals surface area contributed by atoms with Gasteiger partial charge in [-0.15, -0.1) is 0 Å². The van der Waals surface area contributed by atoms with Crippen LogP contribution in [0.25, 0.3) is 11.1 Å². The summed E-state index contributed by atoms with van der Waals surface area (Å²) < 4.78 is 61.3. The number of halogens is 4. The van der Waals surface area contributed by atoms with Gasteiger partial charge in [0.2, 0.25) is 0 Å². The number of ether oxygens (including phenoxy) is 1. The molecule has 32 heavy (non-hydrogen) atoms. The smallest absolute Gasteiger partial charge is 0.194 e. The minimum Gasteiger partial charge on any atom is -0.382 e. The predicted molar refractivity (Wildman–Crippen MR) is 118 cm³/mol. The largest absolute Gasteiger partial charge is 0.382 e. The Labute approximate surface area is 188 Å². The number of benzene rings is 2. The van der Waals surface area contributed by atoms with Crippen LogP contribution in [0.2, 0.25) is 0 Å². The van der Waals surface area contributed by atoms with Crippen molar-refractivity contribution in [2.45, 2.75) is 64.7 Å². The van der Waals surface area contributed by atoms with Crippen molar-refractivity contribution in [3.05, 3.63) is 58.7 Å². The maximum atomic E-state index is 15.2. The molecule has 4 rings (SSSR count). The van der Waals surface area contributed by atoms with Gasteiger partial charge in [0.15, 0.2) is 17.5 Å².